The molecular formula is C24H32N2O5. The van der Waals surface area contributed by atoms with Crippen molar-refractivity contribution in [2.45, 2.75) is 41.2 Å². The van der Waals surface area contributed by atoms with Crippen LogP contribution in [0.3, 0.4) is 0 Å². The predicted octanol–water partition coefficient (Wildman–Crippen LogP) is 4.41. The summed E-state index contributed by atoms with van der Waals surface area (Å²) in [5.74, 6) is 1.01. The zero-order chi connectivity index (χ0) is 22.8. The van der Waals surface area contributed by atoms with Gasteiger partial charge in [0.1, 0.15) is 0 Å². The zero-order valence-corrected chi connectivity index (χ0v) is 18.9. The molecule has 2 aromatic rings. The van der Waals surface area contributed by atoms with Gasteiger partial charge >= 0.3 is 0 Å². The molecule has 31 heavy (non-hydrogen) atoms. The summed E-state index contributed by atoms with van der Waals surface area (Å²) in [5.41, 5.74) is 1.99. The molecule has 0 saturated carbocycles. The van der Waals surface area contributed by atoms with Gasteiger partial charge in [-0.05, 0) is 50.6 Å². The first kappa shape index (κ1) is 24.1. The van der Waals surface area contributed by atoms with Crippen LogP contribution in [-0.2, 0) is 11.3 Å². The van der Waals surface area contributed by atoms with E-state index in [-0.39, 0.29) is 17.7 Å². The van der Waals surface area contributed by atoms with Crippen LogP contribution in [0.4, 0.5) is 5.69 Å². The summed E-state index contributed by atoms with van der Waals surface area (Å²) >= 11 is 0. The Kier molecular flexibility index (Phi) is 9.18. The van der Waals surface area contributed by atoms with Crippen LogP contribution < -0.4 is 24.8 Å². The average Bonchev–Trinajstić information content (AvgIpc) is 2.74. The Morgan fingerprint density at radius 1 is 0.903 bits per heavy atom. The summed E-state index contributed by atoms with van der Waals surface area (Å²) in [5, 5.41) is 5.77. The second-order valence-corrected chi connectivity index (χ2v) is 7.13. The minimum atomic E-state index is -0.262. The highest BCUT2D eigenvalue weighted by atomic mass is 16.5. The first-order valence-electron chi connectivity index (χ1n) is 10.6. The minimum Gasteiger partial charge on any atom is -0.490 e. The van der Waals surface area contributed by atoms with Gasteiger partial charge in [0.15, 0.2) is 11.5 Å². The van der Waals surface area contributed by atoms with Gasteiger partial charge in [0, 0.05) is 23.7 Å². The molecule has 0 fully saturated rings. The van der Waals surface area contributed by atoms with Crippen molar-refractivity contribution >= 4 is 17.5 Å². The summed E-state index contributed by atoms with van der Waals surface area (Å²) in [6.45, 7) is 10.9. The maximum absolute atomic E-state index is 12.8. The fourth-order valence-electron chi connectivity index (χ4n) is 2.85. The van der Waals surface area contributed by atoms with Crippen LogP contribution in [0.2, 0.25) is 0 Å². The average molecular weight is 429 g/mol. The van der Waals surface area contributed by atoms with E-state index in [0.717, 1.165) is 5.56 Å². The smallest absolute Gasteiger partial charge is 0.251 e. The van der Waals surface area contributed by atoms with Crippen molar-refractivity contribution in [3.05, 3.63) is 47.5 Å². The third-order valence-corrected chi connectivity index (χ3v) is 4.34. The Labute approximate surface area is 184 Å². The lowest BCUT2D eigenvalue weighted by atomic mass is 10.1. The van der Waals surface area contributed by atoms with Crippen molar-refractivity contribution in [3.63, 3.8) is 0 Å². The van der Waals surface area contributed by atoms with E-state index in [1.54, 1.807) is 12.1 Å². The van der Waals surface area contributed by atoms with E-state index in [1.165, 1.54) is 0 Å². The Morgan fingerprint density at radius 3 is 2.06 bits per heavy atom. The number of hydrogen-bond donors (Lipinski definition) is 2. The van der Waals surface area contributed by atoms with Gasteiger partial charge in [0.2, 0.25) is 11.7 Å². The Morgan fingerprint density at radius 2 is 1.52 bits per heavy atom. The number of carbonyl (C=O) groups excluding carboxylic acids is 2. The van der Waals surface area contributed by atoms with Crippen molar-refractivity contribution in [2.24, 2.45) is 5.92 Å². The van der Waals surface area contributed by atoms with Crippen molar-refractivity contribution in [2.75, 3.05) is 25.1 Å². The van der Waals surface area contributed by atoms with Crippen LogP contribution in [0.5, 0.6) is 17.2 Å². The van der Waals surface area contributed by atoms with Crippen molar-refractivity contribution < 1.29 is 23.8 Å². The molecule has 0 aromatic heterocycles. The van der Waals surface area contributed by atoms with Crippen molar-refractivity contribution in [3.8, 4) is 17.2 Å². The monoisotopic (exact) mass is 428 g/mol. The fraction of sp³-hybridized carbons (Fsp3) is 0.417. The van der Waals surface area contributed by atoms with E-state index in [4.69, 9.17) is 14.2 Å². The molecule has 0 aliphatic carbocycles. The summed E-state index contributed by atoms with van der Waals surface area (Å²) in [7, 11) is 0. The molecule has 0 bridgehead atoms. The van der Waals surface area contributed by atoms with E-state index in [9.17, 15) is 9.59 Å². The highest BCUT2D eigenvalue weighted by Crippen LogP contribution is 2.39. The largest absolute Gasteiger partial charge is 0.490 e. The number of amides is 2. The Balaban J connectivity index is 2.17. The molecular weight excluding hydrogens is 396 g/mol. The maximum atomic E-state index is 12.8. The summed E-state index contributed by atoms with van der Waals surface area (Å²) in [6, 6.07) is 10.7. The molecule has 0 unspecified atom stereocenters. The number of nitrogens with one attached hydrogen (secondary N) is 2. The van der Waals surface area contributed by atoms with Crippen molar-refractivity contribution in [1.82, 2.24) is 5.32 Å². The van der Waals surface area contributed by atoms with Gasteiger partial charge in [-0.1, -0.05) is 26.0 Å². The maximum Gasteiger partial charge on any atom is 0.251 e. The molecule has 0 radical (unpaired) electrons. The number of hydrogen-bond acceptors (Lipinski definition) is 5. The van der Waals surface area contributed by atoms with Gasteiger partial charge in [-0.25, -0.2) is 0 Å². The second-order valence-electron chi connectivity index (χ2n) is 7.13. The molecule has 0 aliphatic heterocycles. The highest BCUT2D eigenvalue weighted by molar-refractivity contribution is 5.95. The fourth-order valence-corrected chi connectivity index (χ4v) is 2.85. The van der Waals surface area contributed by atoms with E-state index in [2.05, 4.69) is 10.6 Å². The number of rotatable bonds is 11. The first-order valence-corrected chi connectivity index (χ1v) is 10.6. The third-order valence-electron chi connectivity index (χ3n) is 4.34. The Bertz CT molecular complexity index is 868. The van der Waals surface area contributed by atoms with E-state index in [1.807, 2.05) is 58.9 Å². The van der Waals surface area contributed by atoms with E-state index >= 15 is 0 Å². The molecule has 7 nitrogen and oxygen atoms in total. The lowest BCUT2D eigenvalue weighted by Gasteiger charge is -2.17. The predicted molar refractivity (Wildman–Crippen MR) is 121 cm³/mol. The number of ether oxygens (including phenoxy) is 3. The standard InChI is InChI=1S/C24H32N2O5/c1-6-29-20-13-18(14-21(30-7-2)22(20)31-8-3)24(28)25-15-17-10-9-11-19(12-17)26-23(27)16(4)5/h9-14,16H,6-8,15H2,1-5H3,(H,25,28)(H,26,27). The highest BCUT2D eigenvalue weighted by Gasteiger charge is 2.18. The van der Waals surface area contributed by atoms with E-state index < -0.39 is 0 Å². The molecule has 2 N–H and O–H groups in total. The van der Waals surface area contributed by atoms with Gasteiger partial charge in [-0.15, -0.1) is 0 Å². The van der Waals surface area contributed by atoms with Crippen LogP contribution >= 0.6 is 0 Å². The SMILES string of the molecule is CCOc1cc(C(=O)NCc2cccc(NC(=O)C(C)C)c2)cc(OCC)c1OCC. The van der Waals surface area contributed by atoms with Crippen molar-refractivity contribution in [1.29, 1.82) is 0 Å². The van der Waals surface area contributed by atoms with Gasteiger partial charge in [-0.3, -0.25) is 9.59 Å². The molecule has 0 aliphatic rings. The lowest BCUT2D eigenvalue weighted by Crippen LogP contribution is -2.23. The molecule has 2 rings (SSSR count). The molecule has 168 valence electrons. The summed E-state index contributed by atoms with van der Waals surface area (Å²) < 4.78 is 17.0. The van der Waals surface area contributed by atoms with Gasteiger partial charge in [-0.2, -0.15) is 0 Å². The van der Waals surface area contributed by atoms with Gasteiger partial charge < -0.3 is 24.8 Å². The van der Waals surface area contributed by atoms with E-state index in [0.29, 0.717) is 54.9 Å². The van der Waals surface area contributed by atoms with Crippen LogP contribution in [0, 0.1) is 5.92 Å². The molecule has 0 heterocycles. The number of benzene rings is 2. The van der Waals surface area contributed by atoms with Crippen LogP contribution in [0.15, 0.2) is 36.4 Å². The molecule has 7 heteroatoms. The number of carbonyl (C=O) groups is 2. The van der Waals surface area contributed by atoms with Crippen LogP contribution in [0.1, 0.15) is 50.5 Å². The topological polar surface area (TPSA) is 85.9 Å². The quantitative estimate of drug-likeness (QED) is 0.554. The molecule has 0 saturated heterocycles. The van der Waals surface area contributed by atoms with Gasteiger partial charge in [0.05, 0.1) is 19.8 Å². The Hall–Kier alpha value is -3.22. The number of anilines is 1. The minimum absolute atomic E-state index is 0.0533. The molecule has 0 spiro atoms. The molecule has 2 amide bonds. The van der Waals surface area contributed by atoms with Crippen LogP contribution in [0.25, 0.3) is 0 Å². The summed E-state index contributed by atoms with van der Waals surface area (Å²) in [6.07, 6.45) is 0. The molecule has 2 aromatic carbocycles. The normalized spacial score (nSPS) is 10.5. The lowest BCUT2D eigenvalue weighted by molar-refractivity contribution is -0.118. The third kappa shape index (κ3) is 6.91. The first-order chi connectivity index (χ1) is 14.9. The zero-order valence-electron chi connectivity index (χ0n) is 18.9. The summed E-state index contributed by atoms with van der Waals surface area (Å²) in [4.78, 5) is 24.7. The molecule has 0 atom stereocenters. The second kappa shape index (κ2) is 11.8. The van der Waals surface area contributed by atoms with Gasteiger partial charge in [0.25, 0.3) is 5.91 Å². The van der Waals surface area contributed by atoms with Crippen LogP contribution in [-0.4, -0.2) is 31.6 Å².